The van der Waals surface area contributed by atoms with E-state index in [-0.39, 0.29) is 11.9 Å². The van der Waals surface area contributed by atoms with Crippen LogP contribution in [0.1, 0.15) is 19.3 Å². The highest BCUT2D eigenvalue weighted by atomic mass is 16.2. The topological polar surface area (TPSA) is 96.7 Å². The van der Waals surface area contributed by atoms with Crippen LogP contribution in [0.5, 0.6) is 0 Å². The van der Waals surface area contributed by atoms with Gasteiger partial charge < -0.3 is 21.7 Å². The van der Waals surface area contributed by atoms with Crippen LogP contribution in [0.25, 0.3) is 0 Å². The molecular formula is C10H23N5O. The second kappa shape index (κ2) is 8.96. The maximum absolute atomic E-state index is 11.6. The average molecular weight is 229 g/mol. The molecule has 94 valence electrons. The molecule has 0 aromatic heterocycles. The van der Waals surface area contributed by atoms with Gasteiger partial charge in [0.05, 0.1) is 0 Å². The van der Waals surface area contributed by atoms with Gasteiger partial charge in [0.1, 0.15) is 0 Å². The van der Waals surface area contributed by atoms with Crippen LogP contribution in [0, 0.1) is 0 Å². The van der Waals surface area contributed by atoms with Gasteiger partial charge in [0.2, 0.25) is 5.91 Å². The van der Waals surface area contributed by atoms with Gasteiger partial charge in [-0.05, 0) is 19.9 Å². The summed E-state index contributed by atoms with van der Waals surface area (Å²) < 4.78 is 0. The van der Waals surface area contributed by atoms with Crippen molar-refractivity contribution < 1.29 is 4.79 Å². The average Bonchev–Trinajstić information content (AvgIpc) is 2.24. The van der Waals surface area contributed by atoms with Crippen molar-refractivity contribution in [3.63, 3.8) is 0 Å². The van der Waals surface area contributed by atoms with Gasteiger partial charge >= 0.3 is 0 Å². The SMILES string of the molecule is CNCCN(C)C(=O)CCCCN=C(N)N. The molecule has 0 bridgehead atoms. The van der Waals surface area contributed by atoms with Crippen molar-refractivity contribution in [3.8, 4) is 0 Å². The van der Waals surface area contributed by atoms with Crippen LogP contribution in [0.4, 0.5) is 0 Å². The third kappa shape index (κ3) is 8.05. The molecular weight excluding hydrogens is 206 g/mol. The molecule has 1 amide bonds. The molecule has 0 radical (unpaired) electrons. The largest absolute Gasteiger partial charge is 0.370 e. The molecule has 0 saturated carbocycles. The fourth-order valence-corrected chi connectivity index (χ4v) is 1.19. The highest BCUT2D eigenvalue weighted by molar-refractivity contribution is 5.76. The number of amides is 1. The Labute approximate surface area is 97.1 Å². The van der Waals surface area contributed by atoms with Crippen molar-refractivity contribution >= 4 is 11.9 Å². The lowest BCUT2D eigenvalue weighted by Crippen LogP contribution is -2.32. The van der Waals surface area contributed by atoms with Crippen LogP contribution < -0.4 is 16.8 Å². The molecule has 6 nitrogen and oxygen atoms in total. The number of unbranched alkanes of at least 4 members (excludes halogenated alkanes) is 1. The fraction of sp³-hybridized carbons (Fsp3) is 0.800. The van der Waals surface area contributed by atoms with Crippen LogP contribution in [0.2, 0.25) is 0 Å². The third-order valence-electron chi connectivity index (χ3n) is 2.22. The number of guanidine groups is 1. The van der Waals surface area contributed by atoms with Gasteiger partial charge in [0.25, 0.3) is 0 Å². The Kier molecular flexibility index (Phi) is 8.24. The summed E-state index contributed by atoms with van der Waals surface area (Å²) in [5.41, 5.74) is 10.4. The molecule has 0 aromatic rings. The van der Waals surface area contributed by atoms with Gasteiger partial charge in [-0.1, -0.05) is 0 Å². The highest BCUT2D eigenvalue weighted by Crippen LogP contribution is 1.99. The highest BCUT2D eigenvalue weighted by Gasteiger charge is 2.06. The molecule has 0 fully saturated rings. The molecule has 0 aliphatic rings. The molecule has 0 aliphatic carbocycles. The van der Waals surface area contributed by atoms with Crippen LogP contribution in [-0.2, 0) is 4.79 Å². The van der Waals surface area contributed by atoms with E-state index in [4.69, 9.17) is 11.5 Å². The van der Waals surface area contributed by atoms with E-state index in [0.29, 0.717) is 13.0 Å². The van der Waals surface area contributed by atoms with E-state index < -0.39 is 0 Å². The van der Waals surface area contributed by atoms with Gasteiger partial charge in [-0.25, -0.2) is 0 Å². The number of carbonyl (C=O) groups excluding carboxylic acids is 1. The van der Waals surface area contributed by atoms with Crippen molar-refractivity contribution in [3.05, 3.63) is 0 Å². The fourth-order valence-electron chi connectivity index (χ4n) is 1.19. The van der Waals surface area contributed by atoms with E-state index in [2.05, 4.69) is 10.3 Å². The number of likely N-dealkylation sites (N-methyl/N-ethyl adjacent to an activating group) is 2. The van der Waals surface area contributed by atoms with Gasteiger partial charge in [0, 0.05) is 33.1 Å². The summed E-state index contributed by atoms with van der Waals surface area (Å²) >= 11 is 0. The smallest absolute Gasteiger partial charge is 0.222 e. The summed E-state index contributed by atoms with van der Waals surface area (Å²) in [6, 6.07) is 0. The lowest BCUT2D eigenvalue weighted by Gasteiger charge is -2.16. The van der Waals surface area contributed by atoms with Gasteiger partial charge in [-0.15, -0.1) is 0 Å². The van der Waals surface area contributed by atoms with Crippen LogP contribution in [0.3, 0.4) is 0 Å². The van der Waals surface area contributed by atoms with Crippen LogP contribution in [0.15, 0.2) is 4.99 Å². The van der Waals surface area contributed by atoms with Crippen molar-refractivity contribution in [1.29, 1.82) is 0 Å². The molecule has 0 saturated heterocycles. The van der Waals surface area contributed by atoms with Crippen molar-refractivity contribution in [1.82, 2.24) is 10.2 Å². The van der Waals surface area contributed by atoms with Gasteiger partial charge in [-0.3, -0.25) is 9.79 Å². The molecule has 0 spiro atoms. The zero-order chi connectivity index (χ0) is 12.4. The predicted molar refractivity (Wildman–Crippen MR) is 66.1 cm³/mol. The Morgan fingerprint density at radius 2 is 2.06 bits per heavy atom. The van der Waals surface area contributed by atoms with E-state index >= 15 is 0 Å². The Morgan fingerprint density at radius 3 is 2.62 bits per heavy atom. The monoisotopic (exact) mass is 229 g/mol. The first-order chi connectivity index (χ1) is 7.57. The molecule has 0 unspecified atom stereocenters. The molecule has 0 aliphatic heterocycles. The normalized spacial score (nSPS) is 9.88. The standard InChI is InChI=1S/C10H23N5O/c1-13-7-8-15(2)9(16)5-3-4-6-14-10(11)12/h13H,3-8H2,1-2H3,(H4,11,12,14). The number of carbonyl (C=O) groups is 1. The number of rotatable bonds is 8. The minimum atomic E-state index is 0.109. The minimum Gasteiger partial charge on any atom is -0.370 e. The van der Waals surface area contributed by atoms with Crippen molar-refractivity contribution in [2.75, 3.05) is 33.7 Å². The number of hydrogen-bond donors (Lipinski definition) is 3. The summed E-state index contributed by atoms with van der Waals surface area (Å²) in [7, 11) is 3.68. The quantitative estimate of drug-likeness (QED) is 0.286. The van der Waals surface area contributed by atoms with E-state index in [1.165, 1.54) is 0 Å². The van der Waals surface area contributed by atoms with Crippen molar-refractivity contribution in [2.24, 2.45) is 16.5 Å². The molecule has 0 atom stereocenters. The lowest BCUT2D eigenvalue weighted by atomic mass is 10.2. The van der Waals surface area contributed by atoms with E-state index in [9.17, 15) is 4.79 Å². The second-order valence-electron chi connectivity index (χ2n) is 3.68. The minimum absolute atomic E-state index is 0.109. The summed E-state index contributed by atoms with van der Waals surface area (Å²) in [5, 5.41) is 3.00. The van der Waals surface area contributed by atoms with Gasteiger partial charge in [-0.2, -0.15) is 0 Å². The Balaban J connectivity index is 3.53. The molecule has 5 N–H and O–H groups in total. The second-order valence-corrected chi connectivity index (χ2v) is 3.68. The number of nitrogens with zero attached hydrogens (tertiary/aromatic N) is 2. The van der Waals surface area contributed by atoms with Gasteiger partial charge in [0.15, 0.2) is 5.96 Å². The Hall–Kier alpha value is -1.30. The summed E-state index contributed by atoms with van der Waals surface area (Å²) in [5.74, 6) is 0.275. The Bertz CT molecular complexity index is 225. The molecule has 16 heavy (non-hydrogen) atoms. The maximum atomic E-state index is 11.6. The van der Waals surface area contributed by atoms with Crippen molar-refractivity contribution in [2.45, 2.75) is 19.3 Å². The summed E-state index contributed by atoms with van der Waals surface area (Å²) in [4.78, 5) is 17.1. The number of nitrogens with one attached hydrogen (secondary N) is 1. The molecule has 0 aromatic carbocycles. The number of aliphatic imine (C=N–C) groups is 1. The third-order valence-corrected chi connectivity index (χ3v) is 2.22. The first kappa shape index (κ1) is 14.7. The molecule has 6 heteroatoms. The number of nitrogens with two attached hydrogens (primary N) is 2. The van der Waals surface area contributed by atoms with E-state index in [1.54, 1.807) is 4.90 Å². The van der Waals surface area contributed by atoms with Crippen LogP contribution >= 0.6 is 0 Å². The molecule has 0 heterocycles. The first-order valence-electron chi connectivity index (χ1n) is 5.52. The molecule has 0 rings (SSSR count). The van der Waals surface area contributed by atoms with E-state index in [1.807, 2.05) is 14.1 Å². The zero-order valence-corrected chi connectivity index (χ0v) is 10.2. The van der Waals surface area contributed by atoms with E-state index in [0.717, 1.165) is 25.9 Å². The zero-order valence-electron chi connectivity index (χ0n) is 10.2. The van der Waals surface area contributed by atoms with Crippen LogP contribution in [-0.4, -0.2) is 50.5 Å². The summed E-state index contributed by atoms with van der Waals surface area (Å²) in [6.07, 6.45) is 2.21. The number of hydrogen-bond acceptors (Lipinski definition) is 3. The lowest BCUT2D eigenvalue weighted by molar-refractivity contribution is -0.129. The first-order valence-corrected chi connectivity index (χ1v) is 5.52. The summed E-state index contributed by atoms with van der Waals surface area (Å²) in [6.45, 7) is 2.15. The predicted octanol–water partition coefficient (Wildman–Crippen LogP) is -0.892. The Morgan fingerprint density at radius 1 is 1.38 bits per heavy atom. The maximum Gasteiger partial charge on any atom is 0.222 e.